The second-order valence-electron chi connectivity index (χ2n) is 12.0. The molecule has 4 nitrogen and oxygen atoms in total. The third-order valence-electron chi connectivity index (χ3n) is 9.08. The monoisotopic (exact) mass is 568 g/mol. The van der Waals surface area contributed by atoms with Gasteiger partial charge in [0.1, 0.15) is 16.7 Å². The molecule has 9 rings (SSSR count). The molecule has 0 aliphatic heterocycles. The Bertz CT molecular complexity index is 2360. The molecule has 0 fully saturated rings. The number of para-hydroxylation sites is 2. The maximum atomic E-state index is 6.47. The Balaban J connectivity index is 1.39. The van der Waals surface area contributed by atoms with Gasteiger partial charge in [-0.3, -0.25) is 0 Å². The van der Waals surface area contributed by atoms with Crippen LogP contribution in [0.3, 0.4) is 0 Å². The summed E-state index contributed by atoms with van der Waals surface area (Å²) in [6, 6.07) is 46.4. The molecule has 0 radical (unpaired) electrons. The third kappa shape index (κ3) is 3.54. The molecule has 8 aromatic rings. The number of hydrogen-bond acceptors (Lipinski definition) is 4. The Kier molecular flexibility index (Phi) is 5.21. The zero-order valence-corrected chi connectivity index (χ0v) is 24.4. The van der Waals surface area contributed by atoms with E-state index in [1.54, 1.807) is 0 Å². The van der Waals surface area contributed by atoms with Gasteiger partial charge in [-0.05, 0) is 64.7 Å². The van der Waals surface area contributed by atoms with Crippen LogP contribution in [0.25, 0.3) is 55.6 Å². The van der Waals surface area contributed by atoms with E-state index in [0.29, 0.717) is 11.5 Å². The van der Waals surface area contributed by atoms with Crippen LogP contribution in [0.1, 0.15) is 25.0 Å². The Hall–Kier alpha value is -5.61. The van der Waals surface area contributed by atoms with E-state index in [9.17, 15) is 0 Å². The van der Waals surface area contributed by atoms with E-state index in [1.807, 2.05) is 48.5 Å². The molecule has 0 amide bonds. The van der Waals surface area contributed by atoms with E-state index in [1.165, 1.54) is 22.3 Å². The molecule has 0 spiro atoms. The molecule has 1 aliphatic carbocycles. The molecule has 0 N–H and O–H groups in total. The molecule has 0 unspecified atom stereocenters. The van der Waals surface area contributed by atoms with E-state index >= 15 is 0 Å². The van der Waals surface area contributed by atoms with Gasteiger partial charge in [0.05, 0.1) is 11.1 Å². The van der Waals surface area contributed by atoms with Crippen LogP contribution in [0.4, 0.5) is 17.1 Å². The first kappa shape index (κ1) is 24.9. The fourth-order valence-electron chi connectivity index (χ4n) is 7.00. The molecule has 2 heterocycles. The van der Waals surface area contributed by atoms with Crippen LogP contribution in [-0.2, 0) is 5.41 Å². The summed E-state index contributed by atoms with van der Waals surface area (Å²) in [4.78, 5) is 7.49. The molecule has 6 aromatic carbocycles. The SMILES string of the molecule is CC1(C)c2ccccc2-c2cc(N(c3ccccc3)c3c4nc(-c5ccccc5)oc4cc4oc5ccccc5c34)ccc21. The predicted octanol–water partition coefficient (Wildman–Crippen LogP) is 11.2. The molecular formula is C40H28N2O2. The largest absolute Gasteiger partial charge is 0.456 e. The van der Waals surface area contributed by atoms with Crippen molar-refractivity contribution in [3.63, 3.8) is 0 Å². The average molecular weight is 569 g/mol. The summed E-state index contributed by atoms with van der Waals surface area (Å²) in [5.74, 6) is 0.580. The van der Waals surface area contributed by atoms with Crippen LogP contribution >= 0.6 is 0 Å². The van der Waals surface area contributed by atoms with Crippen LogP contribution in [0.2, 0.25) is 0 Å². The topological polar surface area (TPSA) is 42.4 Å². The van der Waals surface area contributed by atoms with Gasteiger partial charge in [0.25, 0.3) is 0 Å². The lowest BCUT2D eigenvalue weighted by atomic mass is 9.82. The second kappa shape index (κ2) is 9.19. The Labute approximate surface area is 254 Å². The quantitative estimate of drug-likeness (QED) is 0.212. The van der Waals surface area contributed by atoms with Gasteiger partial charge in [0.15, 0.2) is 5.58 Å². The zero-order chi connectivity index (χ0) is 29.4. The number of furan rings is 1. The molecule has 4 heteroatoms. The van der Waals surface area contributed by atoms with Crippen LogP contribution in [0, 0.1) is 0 Å². The van der Waals surface area contributed by atoms with Crippen molar-refractivity contribution in [3.05, 3.63) is 145 Å². The van der Waals surface area contributed by atoms with Crippen LogP contribution < -0.4 is 4.90 Å². The van der Waals surface area contributed by atoms with Crippen molar-refractivity contribution >= 4 is 50.1 Å². The van der Waals surface area contributed by atoms with Gasteiger partial charge in [-0.2, -0.15) is 0 Å². The van der Waals surface area contributed by atoms with E-state index in [2.05, 4.69) is 104 Å². The molecule has 0 saturated heterocycles. The van der Waals surface area contributed by atoms with Gasteiger partial charge in [0.2, 0.25) is 5.89 Å². The van der Waals surface area contributed by atoms with Gasteiger partial charge in [-0.25, -0.2) is 4.98 Å². The van der Waals surface area contributed by atoms with Gasteiger partial charge in [-0.15, -0.1) is 0 Å². The molecule has 2 aromatic heterocycles. The lowest BCUT2D eigenvalue weighted by Crippen LogP contribution is -2.15. The van der Waals surface area contributed by atoms with Crippen LogP contribution in [0.15, 0.2) is 142 Å². The van der Waals surface area contributed by atoms with E-state index in [0.717, 1.165) is 50.1 Å². The number of anilines is 3. The van der Waals surface area contributed by atoms with E-state index in [-0.39, 0.29) is 5.41 Å². The van der Waals surface area contributed by atoms with Crippen molar-refractivity contribution in [1.29, 1.82) is 0 Å². The normalized spacial score (nSPS) is 13.4. The second-order valence-corrected chi connectivity index (χ2v) is 12.0. The lowest BCUT2D eigenvalue weighted by molar-refractivity contribution is 0.617. The maximum absolute atomic E-state index is 6.47. The highest BCUT2D eigenvalue weighted by Gasteiger charge is 2.36. The number of nitrogens with zero attached hydrogens (tertiary/aromatic N) is 2. The molecule has 0 atom stereocenters. The zero-order valence-electron chi connectivity index (χ0n) is 24.4. The highest BCUT2D eigenvalue weighted by molar-refractivity contribution is 6.20. The number of aromatic nitrogens is 1. The molecule has 0 saturated carbocycles. The van der Waals surface area contributed by atoms with Crippen molar-refractivity contribution in [3.8, 4) is 22.6 Å². The number of benzene rings is 6. The Morgan fingerprint density at radius 2 is 1.27 bits per heavy atom. The highest BCUT2D eigenvalue weighted by atomic mass is 16.4. The third-order valence-corrected chi connectivity index (χ3v) is 9.08. The minimum Gasteiger partial charge on any atom is -0.456 e. The average Bonchev–Trinajstić information content (AvgIpc) is 3.72. The first-order chi connectivity index (χ1) is 21.6. The number of oxazole rings is 1. The summed E-state index contributed by atoms with van der Waals surface area (Å²) in [5, 5.41) is 2.04. The summed E-state index contributed by atoms with van der Waals surface area (Å²) < 4.78 is 12.9. The Morgan fingerprint density at radius 1 is 0.568 bits per heavy atom. The summed E-state index contributed by atoms with van der Waals surface area (Å²) >= 11 is 0. The van der Waals surface area contributed by atoms with Crippen molar-refractivity contribution < 1.29 is 8.83 Å². The molecule has 0 bridgehead atoms. The van der Waals surface area contributed by atoms with Crippen LogP contribution in [0.5, 0.6) is 0 Å². The van der Waals surface area contributed by atoms with Crippen molar-refractivity contribution in [2.45, 2.75) is 19.3 Å². The fourth-order valence-corrected chi connectivity index (χ4v) is 7.00. The fraction of sp³-hybridized carbons (Fsp3) is 0.0750. The van der Waals surface area contributed by atoms with Crippen molar-refractivity contribution in [1.82, 2.24) is 4.98 Å². The maximum Gasteiger partial charge on any atom is 0.227 e. The molecular weight excluding hydrogens is 540 g/mol. The standard InChI is InChI=1S/C40H28N2O2/c1-40(2)31-19-11-9-17-28(31)30-23-27(21-22-32(30)40)42(26-15-7-4-8-16-26)38-36-29-18-10-12-20-33(29)43-34(36)24-35-37(38)41-39(44-35)25-13-5-3-6-14-25/h3-24H,1-2H3. The van der Waals surface area contributed by atoms with Crippen molar-refractivity contribution in [2.24, 2.45) is 0 Å². The number of hydrogen-bond donors (Lipinski definition) is 0. The predicted molar refractivity (Wildman–Crippen MR) is 179 cm³/mol. The van der Waals surface area contributed by atoms with Gasteiger partial charge >= 0.3 is 0 Å². The first-order valence-electron chi connectivity index (χ1n) is 15.0. The van der Waals surface area contributed by atoms with E-state index < -0.39 is 0 Å². The van der Waals surface area contributed by atoms with Gasteiger partial charge in [-0.1, -0.05) is 98.8 Å². The minimum atomic E-state index is -0.0766. The number of rotatable bonds is 4. The minimum absolute atomic E-state index is 0.0766. The summed E-state index contributed by atoms with van der Waals surface area (Å²) in [6.45, 7) is 4.63. The molecule has 44 heavy (non-hydrogen) atoms. The first-order valence-corrected chi connectivity index (χ1v) is 15.0. The molecule has 210 valence electrons. The van der Waals surface area contributed by atoms with E-state index in [4.69, 9.17) is 13.8 Å². The summed E-state index contributed by atoms with van der Waals surface area (Å²) in [7, 11) is 0. The van der Waals surface area contributed by atoms with Gasteiger partial charge < -0.3 is 13.7 Å². The van der Waals surface area contributed by atoms with Crippen LogP contribution in [-0.4, -0.2) is 4.98 Å². The summed E-state index contributed by atoms with van der Waals surface area (Å²) in [6.07, 6.45) is 0. The number of fused-ring (bicyclic) bond motifs is 7. The van der Waals surface area contributed by atoms with Crippen molar-refractivity contribution in [2.75, 3.05) is 4.90 Å². The highest BCUT2D eigenvalue weighted by Crippen LogP contribution is 2.52. The van der Waals surface area contributed by atoms with Gasteiger partial charge in [0, 0.05) is 33.8 Å². The lowest BCUT2D eigenvalue weighted by Gasteiger charge is -2.27. The summed E-state index contributed by atoms with van der Waals surface area (Å²) in [5.41, 5.74) is 12.2. The smallest absolute Gasteiger partial charge is 0.227 e. The Morgan fingerprint density at radius 3 is 2.11 bits per heavy atom. The molecule has 1 aliphatic rings.